The number of nitrogens with two attached hydrogens (primary N) is 1. The highest BCUT2D eigenvalue weighted by molar-refractivity contribution is 6.00. The molecule has 0 aliphatic rings. The van der Waals surface area contributed by atoms with E-state index in [0.717, 1.165) is 6.07 Å². The SMILES string of the molecule is CC(=O)NNC(=O)c1cc([N+](=O)[O-])ccc1N. The van der Waals surface area contributed by atoms with Gasteiger partial charge in [-0.1, -0.05) is 0 Å². The molecule has 4 N–H and O–H groups in total. The molecule has 17 heavy (non-hydrogen) atoms. The first-order valence-electron chi connectivity index (χ1n) is 4.52. The summed E-state index contributed by atoms with van der Waals surface area (Å²) in [7, 11) is 0. The Kier molecular flexibility index (Phi) is 3.60. The largest absolute Gasteiger partial charge is 0.398 e. The maximum Gasteiger partial charge on any atom is 0.272 e. The molecule has 90 valence electrons. The van der Waals surface area contributed by atoms with Gasteiger partial charge in [-0.2, -0.15) is 0 Å². The Morgan fingerprint density at radius 3 is 2.53 bits per heavy atom. The summed E-state index contributed by atoms with van der Waals surface area (Å²) in [6, 6.07) is 3.47. The van der Waals surface area contributed by atoms with Gasteiger partial charge in [-0.25, -0.2) is 0 Å². The highest BCUT2D eigenvalue weighted by Crippen LogP contribution is 2.19. The zero-order valence-corrected chi connectivity index (χ0v) is 8.89. The number of carbonyl (C=O) groups excluding carboxylic acids is 2. The van der Waals surface area contributed by atoms with Crippen molar-refractivity contribution in [2.75, 3.05) is 5.73 Å². The number of nitrogen functional groups attached to an aromatic ring is 1. The fraction of sp³-hybridized carbons (Fsp3) is 0.111. The molecule has 0 aliphatic carbocycles. The minimum absolute atomic E-state index is 0.0760. The molecule has 0 saturated carbocycles. The van der Waals surface area contributed by atoms with Gasteiger partial charge < -0.3 is 5.73 Å². The third-order valence-corrected chi connectivity index (χ3v) is 1.84. The molecule has 1 aromatic carbocycles. The maximum atomic E-state index is 11.5. The first kappa shape index (κ1) is 12.4. The van der Waals surface area contributed by atoms with E-state index in [9.17, 15) is 19.7 Å². The second-order valence-electron chi connectivity index (χ2n) is 3.16. The van der Waals surface area contributed by atoms with Crippen LogP contribution >= 0.6 is 0 Å². The molecule has 0 heterocycles. The third-order valence-electron chi connectivity index (χ3n) is 1.84. The first-order chi connectivity index (χ1) is 7.91. The lowest BCUT2D eigenvalue weighted by atomic mass is 10.1. The molecule has 0 radical (unpaired) electrons. The van der Waals surface area contributed by atoms with Gasteiger partial charge in [0.05, 0.1) is 10.5 Å². The first-order valence-corrected chi connectivity index (χ1v) is 4.52. The minimum atomic E-state index is -0.721. The molecule has 8 nitrogen and oxygen atoms in total. The van der Waals surface area contributed by atoms with E-state index in [4.69, 9.17) is 5.73 Å². The normalized spacial score (nSPS) is 9.47. The van der Waals surface area contributed by atoms with Crippen LogP contribution in [0.3, 0.4) is 0 Å². The van der Waals surface area contributed by atoms with Gasteiger partial charge in [-0.05, 0) is 6.07 Å². The number of hydrogen-bond acceptors (Lipinski definition) is 5. The second kappa shape index (κ2) is 4.92. The summed E-state index contributed by atoms with van der Waals surface area (Å²) in [5.74, 6) is -1.19. The molecule has 2 amide bonds. The molecule has 0 saturated heterocycles. The summed E-state index contributed by atoms with van der Waals surface area (Å²) in [6.07, 6.45) is 0. The number of benzene rings is 1. The van der Waals surface area contributed by atoms with Crippen molar-refractivity contribution in [1.29, 1.82) is 0 Å². The number of hydrazine groups is 1. The van der Waals surface area contributed by atoms with Crippen molar-refractivity contribution in [3.63, 3.8) is 0 Å². The van der Waals surface area contributed by atoms with Crippen molar-refractivity contribution in [3.05, 3.63) is 33.9 Å². The van der Waals surface area contributed by atoms with Gasteiger partial charge in [0.15, 0.2) is 0 Å². The van der Waals surface area contributed by atoms with Gasteiger partial charge in [0.25, 0.3) is 11.6 Å². The van der Waals surface area contributed by atoms with E-state index >= 15 is 0 Å². The number of hydrogen-bond donors (Lipinski definition) is 3. The van der Waals surface area contributed by atoms with E-state index < -0.39 is 16.7 Å². The Morgan fingerprint density at radius 2 is 2.00 bits per heavy atom. The van der Waals surface area contributed by atoms with Crippen LogP contribution in [0.2, 0.25) is 0 Å². The minimum Gasteiger partial charge on any atom is -0.398 e. The number of nitrogens with zero attached hydrogens (tertiary/aromatic N) is 1. The molecular formula is C9H10N4O4. The van der Waals surface area contributed by atoms with Crippen LogP contribution in [-0.2, 0) is 4.79 Å². The van der Waals surface area contributed by atoms with Gasteiger partial charge in [0, 0.05) is 24.7 Å². The van der Waals surface area contributed by atoms with Gasteiger partial charge in [0.2, 0.25) is 5.91 Å². The smallest absolute Gasteiger partial charge is 0.272 e. The van der Waals surface area contributed by atoms with Gasteiger partial charge >= 0.3 is 0 Å². The molecule has 0 aliphatic heterocycles. The van der Waals surface area contributed by atoms with Crippen molar-refractivity contribution < 1.29 is 14.5 Å². The standard InChI is InChI=1S/C9H10N4O4/c1-5(14)11-12-9(15)7-4-6(13(16)17)2-3-8(7)10/h2-4H,10H2,1H3,(H,11,14)(H,12,15). The van der Waals surface area contributed by atoms with E-state index in [2.05, 4.69) is 10.9 Å². The molecule has 0 aromatic heterocycles. The fourth-order valence-electron chi connectivity index (χ4n) is 1.07. The van der Waals surface area contributed by atoms with Crippen molar-refractivity contribution in [3.8, 4) is 0 Å². The lowest BCUT2D eigenvalue weighted by Crippen LogP contribution is -2.40. The van der Waals surface area contributed by atoms with Crippen LogP contribution in [0.1, 0.15) is 17.3 Å². The lowest BCUT2D eigenvalue weighted by Gasteiger charge is -2.07. The summed E-state index contributed by atoms with van der Waals surface area (Å²) in [4.78, 5) is 32.0. The zero-order chi connectivity index (χ0) is 13.0. The number of anilines is 1. The van der Waals surface area contributed by atoms with Crippen LogP contribution in [0.15, 0.2) is 18.2 Å². The fourth-order valence-corrected chi connectivity index (χ4v) is 1.07. The number of non-ortho nitro benzene ring substituents is 1. The van der Waals surface area contributed by atoms with Crippen LogP contribution < -0.4 is 16.6 Å². The van der Waals surface area contributed by atoms with E-state index in [1.165, 1.54) is 19.1 Å². The number of carbonyl (C=O) groups is 2. The molecule has 1 aromatic rings. The number of nitro benzene ring substituents is 1. The average Bonchev–Trinajstić information content (AvgIpc) is 2.26. The Balaban J connectivity index is 2.95. The monoisotopic (exact) mass is 238 g/mol. The van der Waals surface area contributed by atoms with E-state index in [1.807, 2.05) is 0 Å². The van der Waals surface area contributed by atoms with E-state index in [0.29, 0.717) is 0 Å². The van der Waals surface area contributed by atoms with E-state index in [-0.39, 0.29) is 16.9 Å². The molecule has 0 fully saturated rings. The van der Waals surface area contributed by atoms with Crippen LogP contribution in [0.5, 0.6) is 0 Å². The predicted molar refractivity (Wildman–Crippen MR) is 58.8 cm³/mol. The Morgan fingerprint density at radius 1 is 1.35 bits per heavy atom. The van der Waals surface area contributed by atoms with Gasteiger partial charge in [-0.15, -0.1) is 0 Å². The summed E-state index contributed by atoms with van der Waals surface area (Å²) in [5, 5.41) is 10.5. The molecule has 8 heteroatoms. The third kappa shape index (κ3) is 3.16. The Bertz CT molecular complexity index is 486. The maximum absolute atomic E-state index is 11.5. The van der Waals surface area contributed by atoms with E-state index in [1.54, 1.807) is 0 Å². The molecule has 0 unspecified atom stereocenters. The zero-order valence-electron chi connectivity index (χ0n) is 8.89. The molecule has 0 bridgehead atoms. The summed E-state index contributed by atoms with van der Waals surface area (Å²) >= 11 is 0. The van der Waals surface area contributed by atoms with Crippen LogP contribution in [0.25, 0.3) is 0 Å². The van der Waals surface area contributed by atoms with Crippen LogP contribution in [-0.4, -0.2) is 16.7 Å². The molecule has 1 rings (SSSR count). The van der Waals surface area contributed by atoms with Crippen LogP contribution in [0, 0.1) is 10.1 Å². The lowest BCUT2D eigenvalue weighted by molar-refractivity contribution is -0.384. The van der Waals surface area contributed by atoms with Crippen molar-refractivity contribution in [1.82, 2.24) is 10.9 Å². The topological polar surface area (TPSA) is 127 Å². The Labute approximate surface area is 95.9 Å². The number of nitrogens with one attached hydrogen (secondary N) is 2. The average molecular weight is 238 g/mol. The summed E-state index contributed by atoms with van der Waals surface area (Å²) in [6.45, 7) is 1.21. The summed E-state index contributed by atoms with van der Waals surface area (Å²) < 4.78 is 0. The highest BCUT2D eigenvalue weighted by atomic mass is 16.6. The predicted octanol–water partition coefficient (Wildman–Crippen LogP) is -0.0421. The second-order valence-corrected chi connectivity index (χ2v) is 3.16. The summed E-state index contributed by atoms with van der Waals surface area (Å²) in [5.41, 5.74) is 9.37. The Hall–Kier alpha value is -2.64. The molecule has 0 atom stereocenters. The van der Waals surface area contributed by atoms with Gasteiger partial charge in [0.1, 0.15) is 0 Å². The molecular weight excluding hydrogens is 228 g/mol. The van der Waals surface area contributed by atoms with Crippen molar-refractivity contribution in [2.45, 2.75) is 6.92 Å². The number of nitro groups is 1. The van der Waals surface area contributed by atoms with Crippen LogP contribution in [0.4, 0.5) is 11.4 Å². The van der Waals surface area contributed by atoms with Crippen molar-refractivity contribution in [2.24, 2.45) is 0 Å². The quantitative estimate of drug-likeness (QED) is 0.378. The number of amides is 2. The highest BCUT2D eigenvalue weighted by Gasteiger charge is 2.15. The van der Waals surface area contributed by atoms with Crippen molar-refractivity contribution >= 4 is 23.2 Å². The van der Waals surface area contributed by atoms with Gasteiger partial charge in [-0.3, -0.25) is 30.6 Å². The molecule has 0 spiro atoms. The number of rotatable bonds is 2.